The molecule has 1 aliphatic carbocycles. The second-order valence-corrected chi connectivity index (χ2v) is 14.5. The highest BCUT2D eigenvalue weighted by atomic mass is 31.2. The number of phosphoric acid groups is 6. The van der Waals surface area contributed by atoms with Crippen LogP contribution in [0.2, 0.25) is 0 Å². The molecule has 0 aromatic carbocycles. The highest BCUT2D eigenvalue weighted by molar-refractivity contribution is 7.48. The third-order valence-electron chi connectivity index (χ3n) is 3.94. The summed E-state index contributed by atoms with van der Waals surface area (Å²) in [6.45, 7) is 0. The van der Waals surface area contributed by atoms with Crippen LogP contribution < -0.4 is 0 Å². The van der Waals surface area contributed by atoms with Crippen molar-refractivity contribution in [3.8, 4) is 0 Å². The van der Waals surface area contributed by atoms with Crippen LogP contribution in [0, 0.1) is 0 Å². The molecule has 0 bridgehead atoms. The Labute approximate surface area is 210 Å². The van der Waals surface area contributed by atoms with E-state index < -0.39 is 83.6 Å². The van der Waals surface area contributed by atoms with E-state index in [1.807, 2.05) is 0 Å². The molecule has 0 saturated heterocycles. The van der Waals surface area contributed by atoms with Gasteiger partial charge in [0, 0.05) is 14.2 Å². The van der Waals surface area contributed by atoms with Crippen molar-refractivity contribution >= 4 is 46.9 Å². The zero-order valence-electron chi connectivity index (χ0n) is 18.3. The fourth-order valence-electron chi connectivity index (χ4n) is 2.94. The van der Waals surface area contributed by atoms with E-state index in [4.69, 9.17) is 4.52 Å². The monoisotopic (exact) mass is 688 g/mol. The topological polar surface area (TPSA) is 379 Å². The summed E-state index contributed by atoms with van der Waals surface area (Å²) in [4.78, 5) is 92.9. The van der Waals surface area contributed by atoms with Gasteiger partial charge in [0.1, 0.15) is 36.6 Å². The number of phosphoric ester groups is 6. The Bertz CT molecular complexity index is 1020. The van der Waals surface area contributed by atoms with Crippen LogP contribution in [0.15, 0.2) is 0 Å². The van der Waals surface area contributed by atoms with Gasteiger partial charge in [0.05, 0.1) is 0 Å². The highest BCUT2D eigenvalue weighted by Crippen LogP contribution is 2.58. The summed E-state index contributed by atoms with van der Waals surface area (Å²) in [5.41, 5.74) is 0. The molecule has 1 fully saturated rings. The second-order valence-electron chi connectivity index (χ2n) is 6.69. The zero-order chi connectivity index (χ0) is 30.1. The summed E-state index contributed by atoms with van der Waals surface area (Å²) in [5, 5.41) is 0. The van der Waals surface area contributed by atoms with E-state index in [0.717, 1.165) is 0 Å². The number of hydrogen-bond acceptors (Lipinski definition) is 14. The van der Waals surface area contributed by atoms with Gasteiger partial charge in [0.25, 0.3) is 0 Å². The third-order valence-corrected chi connectivity index (χ3v) is 7.92. The average Bonchev–Trinajstić information content (AvgIpc) is 2.65. The first-order valence-corrected chi connectivity index (χ1v) is 17.9. The average molecular weight is 688 g/mol. The predicted molar refractivity (Wildman–Crippen MR) is 111 cm³/mol. The molecule has 0 spiro atoms. The lowest BCUT2D eigenvalue weighted by Gasteiger charge is -2.48. The van der Waals surface area contributed by atoms with E-state index in [9.17, 15) is 76.3 Å². The smallest absolute Gasteiger partial charge is 0.303 e. The van der Waals surface area contributed by atoms with Gasteiger partial charge in [-0.2, -0.15) is 0 Å². The molecule has 0 aromatic heterocycles. The number of hydrogen-bond donors (Lipinski definition) is 10. The van der Waals surface area contributed by atoms with Crippen molar-refractivity contribution in [2.75, 3.05) is 14.2 Å². The molecule has 228 valence electrons. The molecule has 0 amide bonds. The van der Waals surface area contributed by atoms with Crippen LogP contribution >= 0.6 is 46.9 Å². The Balaban J connectivity index is 4.11. The van der Waals surface area contributed by atoms with Crippen molar-refractivity contribution in [3.05, 3.63) is 0 Å². The molecule has 38 heavy (non-hydrogen) atoms. The van der Waals surface area contributed by atoms with Crippen molar-refractivity contribution in [1.29, 1.82) is 0 Å². The fraction of sp³-hybridized carbons (Fsp3) is 1.00. The molecular weight excluding hydrogens is 666 g/mol. The highest BCUT2D eigenvalue weighted by Gasteiger charge is 2.63. The van der Waals surface area contributed by atoms with Crippen LogP contribution in [-0.2, 0) is 63.6 Å². The maximum atomic E-state index is 12.6. The third kappa shape index (κ3) is 12.7. The Hall–Kier alpha value is 0.660. The minimum absolute atomic E-state index is 0.623. The predicted octanol–water partition coefficient (Wildman–Crippen LogP) is -1.82. The summed E-state index contributed by atoms with van der Waals surface area (Å²) >= 11 is 0. The van der Waals surface area contributed by atoms with E-state index in [2.05, 4.69) is 31.7 Å². The van der Waals surface area contributed by atoms with Gasteiger partial charge in [-0.15, -0.1) is 0 Å². The van der Waals surface area contributed by atoms with Gasteiger partial charge in [-0.25, -0.2) is 27.4 Å². The van der Waals surface area contributed by atoms with Gasteiger partial charge in [-0.3, -0.25) is 36.2 Å². The summed E-state index contributed by atoms with van der Waals surface area (Å²) in [6.07, 6.45) is -18.0. The number of rotatable bonds is 14. The van der Waals surface area contributed by atoms with Crippen molar-refractivity contribution in [1.82, 2.24) is 0 Å². The van der Waals surface area contributed by atoms with Crippen LogP contribution in [-0.4, -0.2) is 99.8 Å². The van der Waals surface area contributed by atoms with E-state index in [1.54, 1.807) is 0 Å². The minimum atomic E-state index is -5.98. The molecule has 0 heterocycles. The molecule has 1 aliphatic rings. The van der Waals surface area contributed by atoms with Crippen molar-refractivity contribution in [3.63, 3.8) is 0 Å². The van der Waals surface area contributed by atoms with E-state index in [1.165, 1.54) is 0 Å². The quantitative estimate of drug-likeness (QED) is 0.0897. The Morgan fingerprint density at radius 1 is 0.368 bits per heavy atom. The van der Waals surface area contributed by atoms with Gasteiger partial charge in [-0.05, 0) is 0 Å². The van der Waals surface area contributed by atoms with Crippen molar-refractivity contribution < 1.29 is 113 Å². The SMILES string of the molecule is COP(=O)(OC)O[C@@H]1[C@@H](OP(=O)(O)O)[C@H](OP(=O)(O)O)[C@@H](OP(=O)(O)O)[C@H](OP(=O)(O)O)[C@@H]1OP(=O)(O)O. The van der Waals surface area contributed by atoms with E-state index in [0.29, 0.717) is 14.2 Å². The van der Waals surface area contributed by atoms with Gasteiger partial charge < -0.3 is 48.9 Å². The summed E-state index contributed by atoms with van der Waals surface area (Å²) < 4.78 is 106. The molecule has 0 radical (unpaired) electrons. The van der Waals surface area contributed by atoms with Crippen LogP contribution in [0.3, 0.4) is 0 Å². The summed E-state index contributed by atoms with van der Waals surface area (Å²) in [7, 11) is -33.6. The molecule has 6 atom stereocenters. The van der Waals surface area contributed by atoms with Gasteiger partial charge >= 0.3 is 46.9 Å². The molecule has 0 aliphatic heterocycles. The summed E-state index contributed by atoms with van der Waals surface area (Å²) in [6, 6.07) is 0. The lowest BCUT2D eigenvalue weighted by Crippen LogP contribution is -2.66. The first-order valence-electron chi connectivity index (χ1n) is 8.79. The Morgan fingerprint density at radius 3 is 0.658 bits per heavy atom. The maximum Gasteiger partial charge on any atom is 0.474 e. The van der Waals surface area contributed by atoms with Crippen molar-refractivity contribution in [2.45, 2.75) is 36.6 Å². The van der Waals surface area contributed by atoms with E-state index >= 15 is 0 Å². The van der Waals surface area contributed by atoms with Crippen molar-refractivity contribution in [2.24, 2.45) is 0 Å². The maximum absolute atomic E-state index is 12.6. The van der Waals surface area contributed by atoms with Gasteiger partial charge in [0.2, 0.25) is 0 Å². The first-order chi connectivity index (χ1) is 16.7. The van der Waals surface area contributed by atoms with Crippen LogP contribution in [0.1, 0.15) is 0 Å². The Kier molecular flexibility index (Phi) is 12.4. The first kappa shape index (κ1) is 36.7. The second kappa shape index (κ2) is 12.9. The molecule has 24 nitrogen and oxygen atoms in total. The fourth-order valence-corrected chi connectivity index (χ4v) is 6.59. The molecular formula is C8H22O24P6. The van der Waals surface area contributed by atoms with Crippen LogP contribution in [0.25, 0.3) is 0 Å². The van der Waals surface area contributed by atoms with Gasteiger partial charge in [-0.1, -0.05) is 0 Å². The van der Waals surface area contributed by atoms with E-state index in [-0.39, 0.29) is 0 Å². The molecule has 30 heteroatoms. The largest absolute Gasteiger partial charge is 0.474 e. The molecule has 0 unspecified atom stereocenters. The van der Waals surface area contributed by atoms with Crippen LogP contribution in [0.5, 0.6) is 0 Å². The standard InChI is InChI=1S/C8H22O24P6/c1-25-38(24,26-2)32-8-6(30-36(18,19)20)4(28-34(12,13)14)3(27-33(9,10)11)5(29-35(15,16)17)7(8)31-37(21,22)23/h3-8H,1-2H3,(H2,9,10,11)(H2,12,13,14)(H2,15,16,17)(H2,18,19,20)(H2,21,22,23)/t3-,4-,5+,6-,7-,8-/m0/s1. The Morgan fingerprint density at radius 2 is 0.526 bits per heavy atom. The zero-order valence-corrected chi connectivity index (χ0v) is 23.7. The minimum Gasteiger partial charge on any atom is -0.303 e. The lowest BCUT2D eigenvalue weighted by molar-refractivity contribution is -0.202. The van der Waals surface area contributed by atoms with Gasteiger partial charge in [0.15, 0.2) is 0 Å². The lowest BCUT2D eigenvalue weighted by atomic mass is 9.85. The normalized spacial score (nSPS) is 28.4. The molecule has 0 aromatic rings. The summed E-state index contributed by atoms with van der Waals surface area (Å²) in [5.74, 6) is 0. The molecule has 1 rings (SSSR count). The van der Waals surface area contributed by atoms with Crippen LogP contribution in [0.4, 0.5) is 0 Å². The molecule has 10 N–H and O–H groups in total. The molecule has 1 saturated carbocycles.